The highest BCUT2D eigenvalue weighted by molar-refractivity contribution is 14.0. The zero-order valence-corrected chi connectivity index (χ0v) is 15.9. The molecule has 0 saturated heterocycles. The number of aryl methyl sites for hydroxylation is 1. The van der Waals surface area contributed by atoms with E-state index in [9.17, 15) is 0 Å². The first-order valence-electron chi connectivity index (χ1n) is 7.34. The molecule has 124 valence electrons. The Morgan fingerprint density at radius 3 is 2.95 bits per heavy atom. The number of ether oxygens (including phenoxy) is 1. The van der Waals surface area contributed by atoms with E-state index in [-0.39, 0.29) is 24.0 Å². The lowest BCUT2D eigenvalue weighted by Crippen LogP contribution is -2.39. The topological polar surface area (TPSA) is 54.7 Å². The number of nitrogens with one attached hydrogen (secondary N) is 1. The summed E-state index contributed by atoms with van der Waals surface area (Å²) >= 11 is 0. The highest BCUT2D eigenvalue weighted by Crippen LogP contribution is 2.10. The van der Waals surface area contributed by atoms with Crippen LogP contribution in [0, 0.1) is 0 Å². The average molecular weight is 419 g/mol. The molecule has 1 aliphatic heterocycles. The van der Waals surface area contributed by atoms with Crippen LogP contribution >= 0.6 is 24.0 Å². The fraction of sp³-hybridized carbons (Fsp3) is 0.600. The molecule has 0 spiro atoms. The zero-order chi connectivity index (χ0) is 15.1. The molecular weight excluding hydrogens is 393 g/mol. The fourth-order valence-electron chi connectivity index (χ4n) is 2.41. The molecule has 0 atom stereocenters. The number of nitrogens with zero attached hydrogens (tertiary/aromatic N) is 4. The van der Waals surface area contributed by atoms with E-state index in [0.29, 0.717) is 0 Å². The first kappa shape index (κ1) is 19.0. The predicted octanol–water partition coefficient (Wildman–Crippen LogP) is 1.78. The number of halogens is 1. The summed E-state index contributed by atoms with van der Waals surface area (Å²) in [5.41, 5.74) is 2.65. The molecular formula is C15H26IN5O. The van der Waals surface area contributed by atoms with Crippen molar-refractivity contribution in [2.24, 2.45) is 12.0 Å². The lowest BCUT2D eigenvalue weighted by molar-refractivity contribution is 0.153. The van der Waals surface area contributed by atoms with Gasteiger partial charge in [-0.1, -0.05) is 11.6 Å². The molecule has 2 rings (SSSR count). The van der Waals surface area contributed by atoms with Crippen LogP contribution in [-0.2, 0) is 18.3 Å². The van der Waals surface area contributed by atoms with E-state index in [0.717, 1.165) is 45.1 Å². The Labute approximate surface area is 149 Å². The van der Waals surface area contributed by atoms with Crippen LogP contribution < -0.4 is 5.32 Å². The van der Waals surface area contributed by atoms with E-state index in [1.807, 2.05) is 38.2 Å². The standard InChI is InChI=1S/C15H25N5O.HI/c1-16-15(17-7-4-13-5-8-21-9-6-13)19(2)11-14-10-18-20(3)12-14;/h5,10,12H,4,6-9,11H2,1-3H3,(H,16,17);1H. The van der Waals surface area contributed by atoms with Crippen molar-refractivity contribution >= 4 is 29.9 Å². The third-order valence-corrected chi connectivity index (χ3v) is 3.54. The second-order valence-corrected chi connectivity index (χ2v) is 5.29. The molecule has 1 aromatic rings. The van der Waals surface area contributed by atoms with Crippen molar-refractivity contribution in [1.82, 2.24) is 20.0 Å². The first-order chi connectivity index (χ1) is 10.2. The number of aromatic nitrogens is 2. The van der Waals surface area contributed by atoms with Gasteiger partial charge in [-0.25, -0.2) is 0 Å². The summed E-state index contributed by atoms with van der Waals surface area (Å²) in [6.07, 6.45) is 8.19. The molecule has 0 aromatic carbocycles. The second kappa shape index (κ2) is 9.83. The van der Waals surface area contributed by atoms with Crippen LogP contribution in [0.3, 0.4) is 0 Å². The Balaban J connectivity index is 0.00000242. The molecule has 1 aliphatic rings. The van der Waals surface area contributed by atoms with E-state index >= 15 is 0 Å². The molecule has 0 saturated carbocycles. The third-order valence-electron chi connectivity index (χ3n) is 3.54. The van der Waals surface area contributed by atoms with E-state index in [4.69, 9.17) is 4.74 Å². The Kier molecular flexibility index (Phi) is 8.47. The van der Waals surface area contributed by atoms with Crippen molar-refractivity contribution in [1.29, 1.82) is 0 Å². The van der Waals surface area contributed by atoms with Gasteiger partial charge in [0.2, 0.25) is 0 Å². The first-order valence-corrected chi connectivity index (χ1v) is 7.34. The van der Waals surface area contributed by atoms with Gasteiger partial charge in [0.25, 0.3) is 0 Å². The van der Waals surface area contributed by atoms with Crippen LogP contribution in [0.5, 0.6) is 0 Å². The summed E-state index contributed by atoms with van der Waals surface area (Å²) in [6.45, 7) is 3.30. The van der Waals surface area contributed by atoms with Gasteiger partial charge in [0.1, 0.15) is 0 Å². The van der Waals surface area contributed by atoms with Gasteiger partial charge < -0.3 is 15.0 Å². The molecule has 2 heterocycles. The summed E-state index contributed by atoms with van der Waals surface area (Å²) in [4.78, 5) is 6.44. The van der Waals surface area contributed by atoms with Crippen LogP contribution in [0.1, 0.15) is 18.4 Å². The van der Waals surface area contributed by atoms with Gasteiger partial charge in [0.15, 0.2) is 5.96 Å². The highest BCUT2D eigenvalue weighted by Gasteiger charge is 2.08. The smallest absolute Gasteiger partial charge is 0.193 e. The van der Waals surface area contributed by atoms with E-state index in [1.54, 1.807) is 0 Å². The number of aliphatic imine (C=N–C) groups is 1. The van der Waals surface area contributed by atoms with Crippen LogP contribution in [-0.4, -0.2) is 54.5 Å². The Bertz CT molecular complexity index is 512. The minimum Gasteiger partial charge on any atom is -0.377 e. The number of guanidine groups is 1. The third kappa shape index (κ3) is 5.96. The van der Waals surface area contributed by atoms with E-state index in [1.165, 1.54) is 11.1 Å². The van der Waals surface area contributed by atoms with E-state index in [2.05, 4.69) is 26.4 Å². The normalized spacial score (nSPS) is 15.0. The molecule has 0 unspecified atom stereocenters. The molecule has 0 radical (unpaired) electrons. The molecule has 7 heteroatoms. The van der Waals surface area contributed by atoms with Crippen molar-refractivity contribution in [3.05, 3.63) is 29.6 Å². The molecule has 0 aliphatic carbocycles. The predicted molar refractivity (Wildman–Crippen MR) is 99.6 cm³/mol. The SMILES string of the molecule is CN=C(NCCC1=CCOCC1)N(C)Cc1cnn(C)c1.I. The monoisotopic (exact) mass is 419 g/mol. The molecule has 22 heavy (non-hydrogen) atoms. The van der Waals surface area contributed by atoms with Gasteiger partial charge in [0.05, 0.1) is 19.4 Å². The summed E-state index contributed by atoms with van der Waals surface area (Å²) in [6, 6.07) is 0. The maximum atomic E-state index is 5.32. The molecule has 0 fully saturated rings. The number of rotatable bonds is 5. The van der Waals surface area contributed by atoms with Gasteiger partial charge in [0, 0.05) is 46.0 Å². The van der Waals surface area contributed by atoms with Crippen LogP contribution in [0.2, 0.25) is 0 Å². The molecule has 6 nitrogen and oxygen atoms in total. The van der Waals surface area contributed by atoms with Gasteiger partial charge in [-0.3, -0.25) is 9.67 Å². The van der Waals surface area contributed by atoms with Crippen molar-refractivity contribution in [3.63, 3.8) is 0 Å². The highest BCUT2D eigenvalue weighted by atomic mass is 127. The van der Waals surface area contributed by atoms with Crippen molar-refractivity contribution in [2.45, 2.75) is 19.4 Å². The van der Waals surface area contributed by atoms with Crippen LogP contribution in [0.4, 0.5) is 0 Å². The van der Waals surface area contributed by atoms with Gasteiger partial charge in [-0.2, -0.15) is 5.10 Å². The molecule has 1 aromatic heterocycles. The molecule has 1 N–H and O–H groups in total. The van der Waals surface area contributed by atoms with Crippen molar-refractivity contribution in [3.8, 4) is 0 Å². The number of hydrogen-bond donors (Lipinski definition) is 1. The molecule has 0 bridgehead atoms. The fourth-order valence-corrected chi connectivity index (χ4v) is 2.41. The quantitative estimate of drug-likeness (QED) is 0.342. The van der Waals surface area contributed by atoms with Crippen LogP contribution in [0.25, 0.3) is 0 Å². The maximum absolute atomic E-state index is 5.32. The Hall–Kier alpha value is -1.09. The Morgan fingerprint density at radius 2 is 2.36 bits per heavy atom. The minimum atomic E-state index is 0. The minimum absolute atomic E-state index is 0. The molecule has 0 amide bonds. The summed E-state index contributed by atoms with van der Waals surface area (Å²) in [7, 11) is 5.78. The van der Waals surface area contributed by atoms with Gasteiger partial charge in [-0.15, -0.1) is 24.0 Å². The Morgan fingerprint density at radius 1 is 1.55 bits per heavy atom. The lowest BCUT2D eigenvalue weighted by Gasteiger charge is -2.22. The van der Waals surface area contributed by atoms with Crippen LogP contribution in [0.15, 0.2) is 29.0 Å². The number of hydrogen-bond acceptors (Lipinski definition) is 3. The zero-order valence-electron chi connectivity index (χ0n) is 13.6. The maximum Gasteiger partial charge on any atom is 0.193 e. The van der Waals surface area contributed by atoms with Gasteiger partial charge in [-0.05, 0) is 12.8 Å². The lowest BCUT2D eigenvalue weighted by atomic mass is 10.1. The summed E-state index contributed by atoms with van der Waals surface area (Å²) in [5, 5.41) is 7.60. The van der Waals surface area contributed by atoms with Crippen molar-refractivity contribution in [2.75, 3.05) is 33.9 Å². The van der Waals surface area contributed by atoms with E-state index < -0.39 is 0 Å². The average Bonchev–Trinajstić information content (AvgIpc) is 2.89. The summed E-state index contributed by atoms with van der Waals surface area (Å²) in [5.74, 6) is 0.909. The summed E-state index contributed by atoms with van der Waals surface area (Å²) < 4.78 is 7.13. The second-order valence-electron chi connectivity index (χ2n) is 5.29. The van der Waals surface area contributed by atoms with Crippen molar-refractivity contribution < 1.29 is 4.74 Å². The van der Waals surface area contributed by atoms with Gasteiger partial charge >= 0.3 is 0 Å². The largest absolute Gasteiger partial charge is 0.377 e.